The van der Waals surface area contributed by atoms with Crippen LogP contribution in [0.25, 0.3) is 0 Å². The maximum absolute atomic E-state index is 6.33. The van der Waals surface area contributed by atoms with Crippen LogP contribution in [0.2, 0.25) is 5.02 Å². The Hall–Kier alpha value is -0.770. The maximum atomic E-state index is 6.33. The molecule has 1 saturated heterocycles. The summed E-state index contributed by atoms with van der Waals surface area (Å²) in [5, 5.41) is 0.790. The molecule has 0 aromatic heterocycles. The summed E-state index contributed by atoms with van der Waals surface area (Å²) in [4.78, 5) is 5.03. The van der Waals surface area contributed by atoms with Gasteiger partial charge in [-0.25, -0.2) is 0 Å². The third-order valence-electron chi connectivity index (χ3n) is 4.43. The molecule has 1 aliphatic heterocycles. The second-order valence-corrected chi connectivity index (χ2v) is 6.63. The molecule has 4 heteroatoms. The van der Waals surface area contributed by atoms with Crippen molar-refractivity contribution < 1.29 is 0 Å². The van der Waals surface area contributed by atoms with E-state index in [-0.39, 0.29) is 6.04 Å². The van der Waals surface area contributed by atoms with E-state index in [1.165, 1.54) is 38.2 Å². The zero-order valence-electron chi connectivity index (χ0n) is 12.2. The lowest BCUT2D eigenvalue weighted by Crippen LogP contribution is -2.47. The number of nitrogens with two attached hydrogens (primary N) is 1. The summed E-state index contributed by atoms with van der Waals surface area (Å²) in [7, 11) is 0. The molecule has 3 rings (SSSR count). The number of hydrogen-bond acceptors (Lipinski definition) is 3. The largest absolute Gasteiger partial charge is 0.369 e. The normalized spacial score (nSPS) is 22.1. The van der Waals surface area contributed by atoms with Crippen LogP contribution in [0.3, 0.4) is 0 Å². The van der Waals surface area contributed by atoms with Gasteiger partial charge in [-0.1, -0.05) is 17.7 Å². The molecule has 110 valence electrons. The van der Waals surface area contributed by atoms with Gasteiger partial charge in [-0.2, -0.15) is 0 Å². The van der Waals surface area contributed by atoms with Crippen LogP contribution in [-0.4, -0.2) is 37.6 Å². The first-order valence-corrected chi connectivity index (χ1v) is 8.03. The number of hydrogen-bond donors (Lipinski definition) is 1. The molecule has 1 saturated carbocycles. The van der Waals surface area contributed by atoms with Crippen LogP contribution in [0.4, 0.5) is 5.69 Å². The standard InChI is InChI=1S/C16H24ClN3/c1-12(18)15-5-4-14(10-16(15)17)20-8-6-19(7-9-20)11-13-2-3-13/h4-5,10,12-13H,2-3,6-9,11,18H2,1H3. The van der Waals surface area contributed by atoms with Gasteiger partial charge in [0.15, 0.2) is 0 Å². The molecule has 2 fully saturated rings. The topological polar surface area (TPSA) is 32.5 Å². The van der Waals surface area contributed by atoms with Crippen molar-refractivity contribution in [1.29, 1.82) is 0 Å². The van der Waals surface area contributed by atoms with Crippen molar-refractivity contribution >= 4 is 17.3 Å². The molecular formula is C16H24ClN3. The van der Waals surface area contributed by atoms with Gasteiger partial charge < -0.3 is 10.6 Å². The van der Waals surface area contributed by atoms with Gasteiger partial charge in [0.2, 0.25) is 0 Å². The number of piperazine rings is 1. The molecule has 0 spiro atoms. The smallest absolute Gasteiger partial charge is 0.0474 e. The number of nitrogens with zero attached hydrogens (tertiary/aromatic N) is 2. The Morgan fingerprint density at radius 3 is 2.50 bits per heavy atom. The van der Waals surface area contributed by atoms with Crippen LogP contribution in [-0.2, 0) is 0 Å². The highest BCUT2D eigenvalue weighted by Gasteiger charge is 2.26. The van der Waals surface area contributed by atoms with Crippen LogP contribution in [0, 0.1) is 5.92 Å². The summed E-state index contributed by atoms with van der Waals surface area (Å²) in [5.74, 6) is 0.987. The van der Waals surface area contributed by atoms with Crippen molar-refractivity contribution in [3.63, 3.8) is 0 Å². The minimum atomic E-state index is -0.00746. The van der Waals surface area contributed by atoms with E-state index in [1.54, 1.807) is 0 Å². The first-order chi connectivity index (χ1) is 9.63. The highest BCUT2D eigenvalue weighted by Crippen LogP contribution is 2.31. The fraction of sp³-hybridized carbons (Fsp3) is 0.625. The lowest BCUT2D eigenvalue weighted by molar-refractivity contribution is 0.248. The van der Waals surface area contributed by atoms with E-state index in [0.717, 1.165) is 29.6 Å². The zero-order chi connectivity index (χ0) is 14.1. The van der Waals surface area contributed by atoms with E-state index in [9.17, 15) is 0 Å². The lowest BCUT2D eigenvalue weighted by atomic mass is 10.1. The summed E-state index contributed by atoms with van der Waals surface area (Å²) in [6, 6.07) is 6.28. The number of anilines is 1. The molecule has 20 heavy (non-hydrogen) atoms. The Morgan fingerprint density at radius 2 is 1.95 bits per heavy atom. The highest BCUT2D eigenvalue weighted by molar-refractivity contribution is 6.31. The maximum Gasteiger partial charge on any atom is 0.0474 e. The van der Waals surface area contributed by atoms with E-state index in [1.807, 2.05) is 6.92 Å². The van der Waals surface area contributed by atoms with Gasteiger partial charge in [0.1, 0.15) is 0 Å². The van der Waals surface area contributed by atoms with Crippen LogP contribution in [0.15, 0.2) is 18.2 Å². The molecule has 3 nitrogen and oxygen atoms in total. The monoisotopic (exact) mass is 293 g/mol. The van der Waals surface area contributed by atoms with Gasteiger partial charge >= 0.3 is 0 Å². The van der Waals surface area contributed by atoms with E-state index in [2.05, 4.69) is 28.0 Å². The molecule has 0 amide bonds. The van der Waals surface area contributed by atoms with Crippen LogP contribution in [0.5, 0.6) is 0 Å². The van der Waals surface area contributed by atoms with Crippen LogP contribution in [0.1, 0.15) is 31.4 Å². The van der Waals surface area contributed by atoms with Crippen molar-refractivity contribution in [2.75, 3.05) is 37.6 Å². The Balaban J connectivity index is 1.61. The average molecular weight is 294 g/mol. The fourth-order valence-electron chi connectivity index (χ4n) is 2.94. The van der Waals surface area contributed by atoms with E-state index in [0.29, 0.717) is 0 Å². The minimum absolute atomic E-state index is 0.00746. The third kappa shape index (κ3) is 3.27. The number of halogens is 1. The van der Waals surface area contributed by atoms with Gasteiger partial charge in [-0.3, -0.25) is 4.90 Å². The first-order valence-electron chi connectivity index (χ1n) is 7.66. The van der Waals surface area contributed by atoms with Crippen molar-refractivity contribution in [3.8, 4) is 0 Å². The quantitative estimate of drug-likeness (QED) is 0.926. The molecule has 1 heterocycles. The summed E-state index contributed by atoms with van der Waals surface area (Å²) < 4.78 is 0. The molecule has 1 aromatic rings. The van der Waals surface area contributed by atoms with E-state index < -0.39 is 0 Å². The molecule has 1 atom stereocenters. The Morgan fingerprint density at radius 1 is 1.25 bits per heavy atom. The molecule has 2 N–H and O–H groups in total. The van der Waals surface area contributed by atoms with E-state index >= 15 is 0 Å². The molecule has 1 unspecified atom stereocenters. The molecule has 1 aromatic carbocycles. The lowest BCUT2D eigenvalue weighted by Gasteiger charge is -2.36. The second kappa shape index (κ2) is 5.92. The predicted molar refractivity (Wildman–Crippen MR) is 85.4 cm³/mol. The number of rotatable bonds is 4. The summed E-state index contributed by atoms with van der Waals surface area (Å²) in [6.07, 6.45) is 2.88. The Labute approximate surface area is 126 Å². The second-order valence-electron chi connectivity index (χ2n) is 6.23. The van der Waals surface area contributed by atoms with Crippen molar-refractivity contribution in [2.45, 2.75) is 25.8 Å². The summed E-state index contributed by atoms with van der Waals surface area (Å²) in [6.45, 7) is 7.81. The molecule has 2 aliphatic rings. The zero-order valence-corrected chi connectivity index (χ0v) is 12.9. The Bertz CT molecular complexity index is 463. The van der Waals surface area contributed by atoms with Gasteiger partial charge in [0, 0.05) is 49.5 Å². The fourth-order valence-corrected chi connectivity index (χ4v) is 3.28. The summed E-state index contributed by atoms with van der Waals surface area (Å²) >= 11 is 6.33. The van der Waals surface area contributed by atoms with Gasteiger partial charge in [0.05, 0.1) is 0 Å². The summed E-state index contributed by atoms with van der Waals surface area (Å²) in [5.41, 5.74) is 8.17. The van der Waals surface area contributed by atoms with Crippen molar-refractivity contribution in [1.82, 2.24) is 4.90 Å². The van der Waals surface area contributed by atoms with E-state index in [4.69, 9.17) is 17.3 Å². The van der Waals surface area contributed by atoms with Crippen LogP contribution >= 0.6 is 11.6 Å². The predicted octanol–water partition coefficient (Wildman–Crippen LogP) is 2.89. The SMILES string of the molecule is CC(N)c1ccc(N2CCN(CC3CC3)CC2)cc1Cl. The number of benzene rings is 1. The third-order valence-corrected chi connectivity index (χ3v) is 4.75. The van der Waals surface area contributed by atoms with Gasteiger partial charge in [-0.15, -0.1) is 0 Å². The van der Waals surface area contributed by atoms with Crippen molar-refractivity contribution in [3.05, 3.63) is 28.8 Å². The molecule has 0 radical (unpaired) electrons. The molecule has 0 bridgehead atoms. The van der Waals surface area contributed by atoms with Gasteiger partial charge in [-0.05, 0) is 43.4 Å². The average Bonchev–Trinajstić information content (AvgIpc) is 3.23. The first kappa shape index (κ1) is 14.2. The molecule has 1 aliphatic carbocycles. The highest BCUT2D eigenvalue weighted by atomic mass is 35.5. The van der Waals surface area contributed by atoms with Gasteiger partial charge in [0.25, 0.3) is 0 Å². The Kier molecular flexibility index (Phi) is 4.20. The van der Waals surface area contributed by atoms with Crippen LogP contribution < -0.4 is 10.6 Å². The molecular weight excluding hydrogens is 270 g/mol. The minimum Gasteiger partial charge on any atom is -0.369 e. The van der Waals surface area contributed by atoms with Crippen molar-refractivity contribution in [2.24, 2.45) is 11.7 Å².